The number of nitrogens with zero attached hydrogens (tertiary/aromatic N) is 1. The maximum atomic E-state index is 13.2. The molecule has 32 heavy (non-hydrogen) atoms. The van der Waals surface area contributed by atoms with Crippen molar-refractivity contribution in [3.63, 3.8) is 0 Å². The van der Waals surface area contributed by atoms with Gasteiger partial charge in [0.25, 0.3) is 0 Å². The summed E-state index contributed by atoms with van der Waals surface area (Å²) in [4.78, 5) is 15.0. The Hall–Kier alpha value is -3.07. The number of halogens is 3. The first kappa shape index (κ1) is 23.6. The first-order valence-electron chi connectivity index (χ1n) is 9.93. The molecule has 0 aliphatic rings. The molecule has 0 bridgehead atoms. The van der Waals surface area contributed by atoms with Gasteiger partial charge in [-0.3, -0.25) is 0 Å². The van der Waals surface area contributed by atoms with E-state index in [1.807, 2.05) is 0 Å². The Morgan fingerprint density at radius 2 is 1.91 bits per heavy atom. The minimum Gasteiger partial charge on any atom is -0.494 e. The van der Waals surface area contributed by atoms with Gasteiger partial charge in [0.05, 0.1) is 22.9 Å². The molecule has 0 saturated carbocycles. The topological polar surface area (TPSA) is 68.7 Å². The van der Waals surface area contributed by atoms with E-state index < -0.39 is 24.3 Å². The number of aliphatic carboxylic acids is 1. The number of ether oxygens (including phenoxy) is 2. The van der Waals surface area contributed by atoms with E-state index in [4.69, 9.17) is 14.6 Å². The summed E-state index contributed by atoms with van der Waals surface area (Å²) in [5.41, 5.74) is 0.532. The lowest BCUT2D eigenvalue weighted by Crippen LogP contribution is -2.10. The second-order valence-electron chi connectivity index (χ2n) is 7.09. The smallest absolute Gasteiger partial charge is 0.417 e. The van der Waals surface area contributed by atoms with Crippen LogP contribution in [0.25, 0.3) is 11.3 Å². The number of aromatic nitrogens is 1. The molecule has 0 aliphatic heterocycles. The molecular weight excluding hydrogens is 443 g/mol. The number of alkyl halides is 3. The number of hydrogen-bond donors (Lipinski definition) is 1. The molecule has 2 aromatic carbocycles. The van der Waals surface area contributed by atoms with Crippen molar-refractivity contribution in [2.75, 3.05) is 13.2 Å². The molecule has 0 amide bonds. The Labute approximate surface area is 187 Å². The lowest BCUT2D eigenvalue weighted by atomic mass is 10.1. The van der Waals surface area contributed by atoms with Crippen LogP contribution >= 0.6 is 11.3 Å². The second-order valence-corrected chi connectivity index (χ2v) is 8.03. The van der Waals surface area contributed by atoms with Crippen LogP contribution in [0.4, 0.5) is 13.2 Å². The summed E-state index contributed by atoms with van der Waals surface area (Å²) in [5, 5.41) is 11.1. The molecule has 9 heteroatoms. The lowest BCUT2D eigenvalue weighted by molar-refractivity contribution is -0.139. The third-order valence-corrected chi connectivity index (χ3v) is 5.52. The van der Waals surface area contributed by atoms with Gasteiger partial charge in [-0.05, 0) is 56.0 Å². The van der Waals surface area contributed by atoms with Gasteiger partial charge in [-0.15, -0.1) is 11.3 Å². The number of thiazole rings is 1. The third kappa shape index (κ3) is 6.46. The first-order chi connectivity index (χ1) is 15.2. The van der Waals surface area contributed by atoms with Crippen molar-refractivity contribution in [1.82, 2.24) is 4.98 Å². The molecule has 0 spiro atoms. The summed E-state index contributed by atoms with van der Waals surface area (Å²) in [5.74, 6) is 0.110. The molecule has 0 atom stereocenters. The Kier molecular flexibility index (Phi) is 7.74. The molecule has 0 fully saturated rings. The highest BCUT2D eigenvalue weighted by Crippen LogP contribution is 2.37. The summed E-state index contributed by atoms with van der Waals surface area (Å²) >= 11 is 1.35. The third-order valence-electron chi connectivity index (χ3n) is 4.61. The SMILES string of the molecule is Cc1cc(OCCCCc2nc(-c3ccccc3C(F)(F)F)cs2)ccc1OCC(=O)O. The van der Waals surface area contributed by atoms with Gasteiger partial charge in [-0.25, -0.2) is 9.78 Å². The van der Waals surface area contributed by atoms with Crippen LogP contribution in [0, 0.1) is 6.92 Å². The van der Waals surface area contributed by atoms with Crippen LogP contribution < -0.4 is 9.47 Å². The fourth-order valence-electron chi connectivity index (χ4n) is 3.08. The standard InChI is InChI=1S/C23H22F3NO4S/c1-15-12-16(9-10-20(15)31-13-22(28)29)30-11-5-4-8-21-27-19(14-32-21)17-6-2-3-7-18(17)23(24,25)26/h2-3,6-7,9-10,12,14H,4-5,8,11,13H2,1H3,(H,28,29). The van der Waals surface area contributed by atoms with Crippen molar-refractivity contribution in [3.8, 4) is 22.8 Å². The zero-order chi connectivity index (χ0) is 23.1. The number of unbranched alkanes of at least 4 members (excludes halogenated alkanes) is 1. The van der Waals surface area contributed by atoms with Crippen LogP contribution in [0.1, 0.15) is 29.0 Å². The number of carboxylic acids is 1. The van der Waals surface area contributed by atoms with Crippen LogP contribution in [-0.4, -0.2) is 29.3 Å². The minimum absolute atomic E-state index is 0.0944. The average Bonchev–Trinajstić information content (AvgIpc) is 3.21. The van der Waals surface area contributed by atoms with Gasteiger partial charge in [0.15, 0.2) is 6.61 Å². The lowest BCUT2D eigenvalue weighted by Gasteiger charge is -2.11. The summed E-state index contributed by atoms with van der Waals surface area (Å²) in [6, 6.07) is 10.6. The normalized spacial score (nSPS) is 11.4. The molecule has 170 valence electrons. The maximum Gasteiger partial charge on any atom is 0.417 e. The minimum atomic E-state index is -4.42. The van der Waals surface area contributed by atoms with Gasteiger partial charge in [-0.1, -0.05) is 18.2 Å². The highest BCUT2D eigenvalue weighted by Gasteiger charge is 2.33. The molecule has 1 N–H and O–H groups in total. The van der Waals surface area contributed by atoms with Gasteiger partial charge in [0.1, 0.15) is 11.5 Å². The number of benzene rings is 2. The van der Waals surface area contributed by atoms with Crippen molar-refractivity contribution < 1.29 is 32.5 Å². The van der Waals surface area contributed by atoms with E-state index >= 15 is 0 Å². The van der Waals surface area contributed by atoms with Crippen molar-refractivity contribution in [2.24, 2.45) is 0 Å². The Balaban J connectivity index is 1.47. The number of hydrogen-bond acceptors (Lipinski definition) is 5. The molecule has 1 aromatic heterocycles. The summed E-state index contributed by atoms with van der Waals surface area (Å²) in [6.07, 6.45) is -2.23. The van der Waals surface area contributed by atoms with Crippen molar-refractivity contribution in [2.45, 2.75) is 32.4 Å². The molecule has 0 unspecified atom stereocenters. The molecular formula is C23H22F3NO4S. The fraction of sp³-hybridized carbons (Fsp3) is 0.304. The molecule has 3 rings (SSSR count). The van der Waals surface area contributed by atoms with Crippen LogP contribution in [0.5, 0.6) is 11.5 Å². The Morgan fingerprint density at radius 3 is 2.62 bits per heavy atom. The number of carboxylic acid groups (broad SMARTS) is 1. The van der Waals surface area contributed by atoms with E-state index in [0.29, 0.717) is 30.2 Å². The molecule has 5 nitrogen and oxygen atoms in total. The van der Waals surface area contributed by atoms with E-state index in [9.17, 15) is 18.0 Å². The summed E-state index contributed by atoms with van der Waals surface area (Å²) < 4.78 is 50.6. The van der Waals surface area contributed by atoms with Crippen LogP contribution in [-0.2, 0) is 17.4 Å². The first-order valence-corrected chi connectivity index (χ1v) is 10.8. The monoisotopic (exact) mass is 465 g/mol. The molecule has 0 saturated heterocycles. The van der Waals surface area contributed by atoms with Crippen molar-refractivity contribution in [1.29, 1.82) is 0 Å². The number of aryl methyl sites for hydroxylation is 2. The van der Waals surface area contributed by atoms with Crippen molar-refractivity contribution in [3.05, 3.63) is 64.0 Å². The highest BCUT2D eigenvalue weighted by molar-refractivity contribution is 7.09. The molecule has 0 radical (unpaired) electrons. The molecule has 0 aliphatic carbocycles. The maximum absolute atomic E-state index is 13.2. The van der Waals surface area contributed by atoms with E-state index in [1.54, 1.807) is 36.6 Å². The zero-order valence-electron chi connectivity index (χ0n) is 17.3. The zero-order valence-corrected chi connectivity index (χ0v) is 18.1. The van der Waals surface area contributed by atoms with Crippen molar-refractivity contribution >= 4 is 17.3 Å². The Morgan fingerprint density at radius 1 is 1.12 bits per heavy atom. The van der Waals surface area contributed by atoms with E-state index in [0.717, 1.165) is 29.5 Å². The molecule has 1 heterocycles. The average molecular weight is 465 g/mol. The Bertz CT molecular complexity index is 1070. The predicted octanol–water partition coefficient (Wildman–Crippen LogP) is 6.00. The van der Waals surface area contributed by atoms with Gasteiger partial charge in [-0.2, -0.15) is 13.2 Å². The number of carbonyl (C=O) groups is 1. The number of rotatable bonds is 10. The van der Waals surface area contributed by atoms with E-state index in [2.05, 4.69) is 4.98 Å². The highest BCUT2D eigenvalue weighted by atomic mass is 32.1. The largest absolute Gasteiger partial charge is 0.494 e. The van der Waals surface area contributed by atoms with Gasteiger partial charge >= 0.3 is 12.1 Å². The van der Waals surface area contributed by atoms with E-state index in [1.165, 1.54) is 23.5 Å². The fourth-order valence-corrected chi connectivity index (χ4v) is 3.93. The predicted molar refractivity (Wildman–Crippen MR) is 115 cm³/mol. The summed E-state index contributed by atoms with van der Waals surface area (Å²) in [7, 11) is 0. The second kappa shape index (κ2) is 10.5. The van der Waals surface area contributed by atoms with Gasteiger partial charge in [0, 0.05) is 10.9 Å². The molecule has 3 aromatic rings. The van der Waals surface area contributed by atoms with E-state index in [-0.39, 0.29) is 5.56 Å². The van der Waals surface area contributed by atoms with Crippen LogP contribution in [0.2, 0.25) is 0 Å². The van der Waals surface area contributed by atoms with Crippen LogP contribution in [0.15, 0.2) is 47.8 Å². The quantitative estimate of drug-likeness (QED) is 0.372. The van der Waals surface area contributed by atoms with Crippen LogP contribution in [0.3, 0.4) is 0 Å². The van der Waals surface area contributed by atoms with Gasteiger partial charge < -0.3 is 14.6 Å². The van der Waals surface area contributed by atoms with Gasteiger partial charge in [0.2, 0.25) is 0 Å². The summed E-state index contributed by atoms with van der Waals surface area (Å²) in [6.45, 7) is 1.88.